The topological polar surface area (TPSA) is 29.3 Å². The maximum Gasteiger partial charge on any atom is 0.405 e. The molecule has 0 amide bonds. The molecule has 0 bridgehead atoms. The number of hydrogen-bond acceptors (Lipinski definition) is 2. The fourth-order valence-corrected chi connectivity index (χ4v) is 2.39. The molecule has 5 heteroatoms. The predicted octanol–water partition coefficient (Wildman–Crippen LogP) is 2.24. The highest BCUT2D eigenvalue weighted by Gasteiger charge is 2.43. The normalized spacial score (nSPS) is 22.7. The second-order valence-corrected chi connectivity index (χ2v) is 4.91. The number of piperidine rings is 1. The zero-order valence-electron chi connectivity index (χ0n) is 9.93. The maximum atomic E-state index is 12.6. The molecular formula is C11H21F3N2. The van der Waals surface area contributed by atoms with E-state index in [4.69, 9.17) is 5.73 Å². The Hall–Kier alpha value is -0.290. The number of halogens is 3. The van der Waals surface area contributed by atoms with Crippen molar-refractivity contribution in [1.82, 2.24) is 4.90 Å². The van der Waals surface area contributed by atoms with E-state index in [1.54, 1.807) is 0 Å². The summed E-state index contributed by atoms with van der Waals surface area (Å²) >= 11 is 0. The molecule has 0 aromatic rings. The van der Waals surface area contributed by atoms with Gasteiger partial charge in [-0.2, -0.15) is 13.2 Å². The van der Waals surface area contributed by atoms with Crippen LogP contribution in [-0.2, 0) is 0 Å². The highest BCUT2D eigenvalue weighted by Crippen LogP contribution is 2.30. The van der Waals surface area contributed by atoms with Crippen LogP contribution in [0.1, 0.15) is 26.7 Å². The minimum absolute atomic E-state index is 0.337. The summed E-state index contributed by atoms with van der Waals surface area (Å²) in [4.78, 5) is 1.48. The molecule has 0 aromatic heterocycles. The Balaban J connectivity index is 2.52. The Kier molecular flexibility index (Phi) is 4.62. The Morgan fingerprint density at radius 3 is 2.06 bits per heavy atom. The van der Waals surface area contributed by atoms with Gasteiger partial charge >= 0.3 is 6.18 Å². The lowest BCUT2D eigenvalue weighted by Crippen LogP contribution is -2.53. The van der Waals surface area contributed by atoms with Crippen molar-refractivity contribution in [1.29, 1.82) is 0 Å². The predicted molar refractivity (Wildman–Crippen MR) is 58.0 cm³/mol. The van der Waals surface area contributed by atoms with Crippen LogP contribution >= 0.6 is 0 Å². The van der Waals surface area contributed by atoms with Gasteiger partial charge in [-0.15, -0.1) is 0 Å². The lowest BCUT2D eigenvalue weighted by atomic mass is 9.86. The lowest BCUT2D eigenvalue weighted by Gasteiger charge is -2.38. The molecule has 0 aliphatic carbocycles. The summed E-state index contributed by atoms with van der Waals surface area (Å²) < 4.78 is 37.9. The van der Waals surface area contributed by atoms with E-state index in [0.717, 1.165) is 12.8 Å². The smallest absolute Gasteiger partial charge is 0.329 e. The van der Waals surface area contributed by atoms with Crippen LogP contribution in [0.4, 0.5) is 13.2 Å². The Morgan fingerprint density at radius 1 is 1.25 bits per heavy atom. The molecule has 1 aliphatic rings. The van der Waals surface area contributed by atoms with E-state index in [9.17, 15) is 13.2 Å². The minimum Gasteiger partial charge on any atom is -0.329 e. The van der Waals surface area contributed by atoms with Crippen LogP contribution in [0.5, 0.6) is 0 Å². The van der Waals surface area contributed by atoms with Gasteiger partial charge in [0.25, 0.3) is 0 Å². The summed E-state index contributed by atoms with van der Waals surface area (Å²) in [6, 6.07) is -1.46. The van der Waals surface area contributed by atoms with E-state index in [1.807, 2.05) is 0 Å². The Morgan fingerprint density at radius 2 is 1.75 bits per heavy atom. The number of rotatable bonds is 3. The third-order valence-electron chi connectivity index (χ3n) is 3.56. The Bertz CT molecular complexity index is 208. The molecule has 1 rings (SSSR count). The first-order chi connectivity index (χ1) is 7.36. The molecular weight excluding hydrogens is 217 g/mol. The van der Waals surface area contributed by atoms with Crippen molar-refractivity contribution in [2.45, 2.75) is 38.9 Å². The third kappa shape index (κ3) is 3.35. The summed E-state index contributed by atoms with van der Waals surface area (Å²) in [5, 5.41) is 0. The fourth-order valence-electron chi connectivity index (χ4n) is 2.39. The van der Waals surface area contributed by atoms with E-state index in [-0.39, 0.29) is 6.54 Å². The molecule has 1 heterocycles. The summed E-state index contributed by atoms with van der Waals surface area (Å²) in [6.07, 6.45) is -2.49. The van der Waals surface area contributed by atoms with Gasteiger partial charge in [0.05, 0.1) is 0 Å². The molecule has 0 radical (unpaired) electrons. The molecule has 1 unspecified atom stereocenters. The SMILES string of the molecule is CC(C)C1CCN(C(CN)C(F)(F)F)CC1. The molecule has 0 spiro atoms. The van der Waals surface area contributed by atoms with Crippen LogP contribution in [0.15, 0.2) is 0 Å². The van der Waals surface area contributed by atoms with E-state index in [2.05, 4.69) is 13.8 Å². The monoisotopic (exact) mass is 238 g/mol. The van der Waals surface area contributed by atoms with Crippen LogP contribution in [0.2, 0.25) is 0 Å². The largest absolute Gasteiger partial charge is 0.405 e. The fraction of sp³-hybridized carbons (Fsp3) is 1.00. The van der Waals surface area contributed by atoms with Crippen molar-refractivity contribution in [3.8, 4) is 0 Å². The number of likely N-dealkylation sites (tertiary alicyclic amines) is 1. The molecule has 1 atom stereocenters. The number of nitrogens with zero attached hydrogens (tertiary/aromatic N) is 1. The van der Waals surface area contributed by atoms with E-state index in [0.29, 0.717) is 24.9 Å². The van der Waals surface area contributed by atoms with E-state index < -0.39 is 12.2 Å². The standard InChI is InChI=1S/C11H21F3N2/c1-8(2)9-3-5-16(6-4-9)10(7-15)11(12,13)14/h8-10H,3-7,15H2,1-2H3. The van der Waals surface area contributed by atoms with Crippen molar-refractivity contribution in [2.75, 3.05) is 19.6 Å². The number of nitrogens with two attached hydrogens (primary N) is 1. The first-order valence-electron chi connectivity index (χ1n) is 5.87. The van der Waals surface area contributed by atoms with Crippen molar-refractivity contribution in [2.24, 2.45) is 17.6 Å². The van der Waals surface area contributed by atoms with E-state index >= 15 is 0 Å². The number of alkyl halides is 3. The average Bonchev–Trinajstić information content (AvgIpc) is 2.17. The van der Waals surface area contributed by atoms with Crippen LogP contribution in [0, 0.1) is 11.8 Å². The van der Waals surface area contributed by atoms with Gasteiger partial charge < -0.3 is 5.73 Å². The van der Waals surface area contributed by atoms with Gasteiger partial charge in [-0.25, -0.2) is 0 Å². The highest BCUT2D eigenvalue weighted by molar-refractivity contribution is 4.84. The lowest BCUT2D eigenvalue weighted by molar-refractivity contribution is -0.184. The van der Waals surface area contributed by atoms with Gasteiger partial charge in [0, 0.05) is 6.54 Å². The first kappa shape index (κ1) is 13.8. The van der Waals surface area contributed by atoms with Crippen molar-refractivity contribution >= 4 is 0 Å². The van der Waals surface area contributed by atoms with Crippen molar-refractivity contribution in [3.63, 3.8) is 0 Å². The molecule has 1 saturated heterocycles. The molecule has 16 heavy (non-hydrogen) atoms. The zero-order chi connectivity index (χ0) is 12.3. The van der Waals surface area contributed by atoms with E-state index in [1.165, 1.54) is 4.90 Å². The summed E-state index contributed by atoms with van der Waals surface area (Å²) in [5.41, 5.74) is 5.22. The molecule has 1 fully saturated rings. The van der Waals surface area contributed by atoms with Gasteiger partial charge in [-0.3, -0.25) is 4.90 Å². The van der Waals surface area contributed by atoms with Crippen LogP contribution < -0.4 is 5.73 Å². The van der Waals surface area contributed by atoms with Crippen molar-refractivity contribution in [3.05, 3.63) is 0 Å². The second-order valence-electron chi connectivity index (χ2n) is 4.91. The molecule has 0 aromatic carbocycles. The molecule has 0 saturated carbocycles. The summed E-state index contributed by atoms with van der Waals surface area (Å²) in [7, 11) is 0. The number of hydrogen-bond donors (Lipinski definition) is 1. The summed E-state index contributed by atoms with van der Waals surface area (Å²) in [6.45, 7) is 4.96. The van der Waals surface area contributed by atoms with Gasteiger partial charge in [0.1, 0.15) is 6.04 Å². The third-order valence-corrected chi connectivity index (χ3v) is 3.56. The highest BCUT2D eigenvalue weighted by atomic mass is 19.4. The summed E-state index contributed by atoms with van der Waals surface area (Å²) in [5.74, 6) is 1.12. The Labute approximate surface area is 95.0 Å². The van der Waals surface area contributed by atoms with Gasteiger partial charge in [0.15, 0.2) is 0 Å². The zero-order valence-corrected chi connectivity index (χ0v) is 9.93. The van der Waals surface area contributed by atoms with Crippen LogP contribution in [0.25, 0.3) is 0 Å². The van der Waals surface area contributed by atoms with Crippen LogP contribution in [0.3, 0.4) is 0 Å². The molecule has 2 N–H and O–H groups in total. The quantitative estimate of drug-likeness (QED) is 0.817. The van der Waals surface area contributed by atoms with Gasteiger partial charge in [-0.1, -0.05) is 13.8 Å². The van der Waals surface area contributed by atoms with Gasteiger partial charge in [-0.05, 0) is 37.8 Å². The maximum absolute atomic E-state index is 12.6. The molecule has 96 valence electrons. The second kappa shape index (κ2) is 5.36. The minimum atomic E-state index is -4.20. The molecule has 1 aliphatic heterocycles. The van der Waals surface area contributed by atoms with Gasteiger partial charge in [0.2, 0.25) is 0 Å². The molecule has 2 nitrogen and oxygen atoms in total. The van der Waals surface area contributed by atoms with Crippen molar-refractivity contribution < 1.29 is 13.2 Å². The van der Waals surface area contributed by atoms with Crippen LogP contribution in [-0.4, -0.2) is 36.8 Å². The average molecular weight is 238 g/mol. The first-order valence-corrected chi connectivity index (χ1v) is 5.87.